The second kappa shape index (κ2) is 7.39. The maximum atomic E-state index is 12.7. The maximum absolute atomic E-state index is 12.7. The number of ether oxygens (including phenoxy) is 2. The lowest BCUT2D eigenvalue weighted by Crippen LogP contribution is -2.22. The second-order valence-corrected chi connectivity index (χ2v) is 7.68. The van der Waals surface area contributed by atoms with Crippen molar-refractivity contribution in [3.63, 3.8) is 0 Å². The van der Waals surface area contributed by atoms with Crippen LogP contribution in [0, 0.1) is 10.8 Å². The molecule has 27 heavy (non-hydrogen) atoms. The van der Waals surface area contributed by atoms with Crippen LogP contribution < -0.4 is 4.74 Å². The van der Waals surface area contributed by atoms with E-state index in [9.17, 15) is 9.59 Å². The summed E-state index contributed by atoms with van der Waals surface area (Å²) >= 11 is 0. The van der Waals surface area contributed by atoms with E-state index in [0.717, 1.165) is 17.6 Å². The Bertz CT molecular complexity index is 867. The molecule has 0 saturated heterocycles. The van der Waals surface area contributed by atoms with E-state index in [1.165, 1.54) is 0 Å². The minimum absolute atomic E-state index is 0.163. The van der Waals surface area contributed by atoms with Crippen LogP contribution in [0.1, 0.15) is 32.8 Å². The van der Waals surface area contributed by atoms with Crippen molar-refractivity contribution in [3.8, 4) is 11.5 Å². The number of rotatable bonds is 7. The summed E-state index contributed by atoms with van der Waals surface area (Å²) in [5.74, 6) is 1.15. The average Bonchev–Trinajstić information content (AvgIpc) is 3.22. The maximum Gasteiger partial charge on any atom is 0.316 e. The third-order valence-electron chi connectivity index (χ3n) is 5.07. The Morgan fingerprint density at radius 1 is 1.07 bits per heavy atom. The van der Waals surface area contributed by atoms with Crippen LogP contribution >= 0.6 is 0 Å². The van der Waals surface area contributed by atoms with Gasteiger partial charge in [0.2, 0.25) is 0 Å². The van der Waals surface area contributed by atoms with Crippen molar-refractivity contribution in [3.05, 3.63) is 71.8 Å². The third kappa shape index (κ3) is 4.11. The number of allylic oxidation sites excluding steroid dienone is 1. The lowest BCUT2D eigenvalue weighted by atomic mass is 9.93. The van der Waals surface area contributed by atoms with Crippen LogP contribution in [0.3, 0.4) is 0 Å². The molecule has 2 aromatic carbocycles. The average molecular weight is 364 g/mol. The SMILES string of the molecule is C/C(C=O)=C\C1(C(=O)OCc2cccc(Oc3ccccc3)c2)CC1(C)C. The number of esters is 1. The van der Waals surface area contributed by atoms with E-state index < -0.39 is 5.41 Å². The summed E-state index contributed by atoms with van der Waals surface area (Å²) in [4.78, 5) is 23.7. The zero-order chi connectivity index (χ0) is 19.5. The van der Waals surface area contributed by atoms with Gasteiger partial charge in [-0.15, -0.1) is 0 Å². The van der Waals surface area contributed by atoms with Crippen molar-refractivity contribution >= 4 is 12.3 Å². The smallest absolute Gasteiger partial charge is 0.316 e. The molecular weight excluding hydrogens is 340 g/mol. The summed E-state index contributed by atoms with van der Waals surface area (Å²) in [7, 11) is 0. The second-order valence-electron chi connectivity index (χ2n) is 7.68. The summed E-state index contributed by atoms with van der Waals surface area (Å²) in [5.41, 5.74) is 0.486. The summed E-state index contributed by atoms with van der Waals surface area (Å²) in [6.45, 7) is 5.89. The molecule has 0 heterocycles. The van der Waals surface area contributed by atoms with E-state index in [4.69, 9.17) is 9.47 Å². The molecule has 0 aliphatic heterocycles. The summed E-state index contributed by atoms with van der Waals surface area (Å²) in [6.07, 6.45) is 3.20. The van der Waals surface area contributed by atoms with E-state index in [0.29, 0.717) is 17.7 Å². The Morgan fingerprint density at radius 3 is 2.37 bits per heavy atom. The van der Waals surface area contributed by atoms with Crippen molar-refractivity contribution < 1.29 is 19.1 Å². The molecule has 1 aliphatic carbocycles. The first-order valence-electron chi connectivity index (χ1n) is 9.00. The van der Waals surface area contributed by atoms with Gasteiger partial charge in [0.25, 0.3) is 0 Å². The Morgan fingerprint density at radius 2 is 1.74 bits per heavy atom. The van der Waals surface area contributed by atoms with E-state index in [1.807, 2.05) is 68.4 Å². The van der Waals surface area contributed by atoms with Crippen molar-refractivity contribution in [2.45, 2.75) is 33.8 Å². The van der Waals surface area contributed by atoms with E-state index in [1.54, 1.807) is 13.0 Å². The molecule has 1 saturated carbocycles. The highest BCUT2D eigenvalue weighted by molar-refractivity contribution is 5.86. The van der Waals surface area contributed by atoms with Gasteiger partial charge in [0, 0.05) is 0 Å². The topological polar surface area (TPSA) is 52.6 Å². The van der Waals surface area contributed by atoms with Crippen molar-refractivity contribution in [2.24, 2.45) is 10.8 Å². The lowest BCUT2D eigenvalue weighted by molar-refractivity contribution is -0.150. The van der Waals surface area contributed by atoms with Crippen molar-refractivity contribution in [2.75, 3.05) is 0 Å². The molecule has 0 aromatic heterocycles. The number of hydrogen-bond donors (Lipinski definition) is 0. The van der Waals surface area contributed by atoms with Gasteiger partial charge in [-0.25, -0.2) is 0 Å². The zero-order valence-electron chi connectivity index (χ0n) is 15.9. The number of carbonyl (C=O) groups excluding carboxylic acids is 2. The van der Waals surface area contributed by atoms with Gasteiger partial charge < -0.3 is 9.47 Å². The fourth-order valence-electron chi connectivity index (χ4n) is 3.33. The minimum Gasteiger partial charge on any atom is -0.460 e. The van der Waals surface area contributed by atoms with Gasteiger partial charge in [-0.2, -0.15) is 0 Å². The highest BCUT2D eigenvalue weighted by Gasteiger charge is 2.66. The fourth-order valence-corrected chi connectivity index (χ4v) is 3.33. The molecule has 0 bridgehead atoms. The number of hydrogen-bond acceptors (Lipinski definition) is 4. The van der Waals surface area contributed by atoms with E-state index in [-0.39, 0.29) is 18.0 Å². The quantitative estimate of drug-likeness (QED) is 0.390. The number of para-hydroxylation sites is 1. The van der Waals surface area contributed by atoms with Gasteiger partial charge in [0.1, 0.15) is 24.4 Å². The van der Waals surface area contributed by atoms with Crippen LogP contribution in [0.4, 0.5) is 0 Å². The van der Waals surface area contributed by atoms with Gasteiger partial charge in [0.05, 0.1) is 5.41 Å². The van der Waals surface area contributed by atoms with Crippen LogP contribution in [0.25, 0.3) is 0 Å². The van der Waals surface area contributed by atoms with Crippen LogP contribution in [-0.2, 0) is 20.9 Å². The Hall–Kier alpha value is -2.88. The largest absolute Gasteiger partial charge is 0.460 e. The molecule has 0 spiro atoms. The van der Waals surface area contributed by atoms with Crippen LogP contribution in [0.2, 0.25) is 0 Å². The van der Waals surface area contributed by atoms with Gasteiger partial charge in [0.15, 0.2) is 0 Å². The third-order valence-corrected chi connectivity index (χ3v) is 5.07. The van der Waals surface area contributed by atoms with Crippen molar-refractivity contribution in [1.82, 2.24) is 0 Å². The molecule has 1 atom stereocenters. The van der Waals surface area contributed by atoms with Crippen molar-refractivity contribution in [1.29, 1.82) is 0 Å². The molecule has 4 heteroatoms. The first-order valence-corrected chi connectivity index (χ1v) is 9.00. The monoisotopic (exact) mass is 364 g/mol. The van der Waals surface area contributed by atoms with Gasteiger partial charge in [-0.3, -0.25) is 9.59 Å². The molecule has 1 unspecified atom stereocenters. The first kappa shape index (κ1) is 18.9. The highest BCUT2D eigenvalue weighted by Crippen LogP contribution is 2.65. The lowest BCUT2D eigenvalue weighted by Gasteiger charge is -2.16. The first-order chi connectivity index (χ1) is 12.9. The van der Waals surface area contributed by atoms with Crippen LogP contribution in [-0.4, -0.2) is 12.3 Å². The summed E-state index contributed by atoms with van der Waals surface area (Å²) in [6, 6.07) is 17.0. The fraction of sp³-hybridized carbons (Fsp3) is 0.304. The molecule has 0 amide bonds. The van der Waals surface area contributed by atoms with Crippen LogP contribution in [0.15, 0.2) is 66.2 Å². The van der Waals surface area contributed by atoms with Crippen LogP contribution in [0.5, 0.6) is 11.5 Å². The van der Waals surface area contributed by atoms with Gasteiger partial charge in [-0.1, -0.05) is 50.3 Å². The van der Waals surface area contributed by atoms with Gasteiger partial charge in [-0.05, 0) is 54.2 Å². The van der Waals surface area contributed by atoms with E-state index in [2.05, 4.69) is 0 Å². The molecule has 4 nitrogen and oxygen atoms in total. The Labute approximate surface area is 159 Å². The predicted molar refractivity (Wildman–Crippen MR) is 103 cm³/mol. The minimum atomic E-state index is -0.712. The molecular formula is C23H24O4. The molecule has 0 N–H and O–H groups in total. The number of benzene rings is 2. The predicted octanol–water partition coefficient (Wildman–Crippen LogP) is 5.08. The molecule has 0 radical (unpaired) electrons. The standard InChI is InChI=1S/C23H24O4/c1-17(14-24)13-23(16-22(23,2)3)21(25)26-15-18-8-7-11-20(12-18)27-19-9-5-4-6-10-19/h4-14H,15-16H2,1-3H3/b17-13+. The normalized spacial score (nSPS) is 20.6. The highest BCUT2D eigenvalue weighted by atomic mass is 16.5. The Kier molecular flexibility index (Phi) is 5.17. The Balaban J connectivity index is 1.67. The number of carbonyl (C=O) groups is 2. The summed E-state index contributed by atoms with van der Waals surface area (Å²) in [5, 5.41) is 0. The summed E-state index contributed by atoms with van der Waals surface area (Å²) < 4.78 is 11.4. The molecule has 2 aromatic rings. The zero-order valence-corrected chi connectivity index (χ0v) is 15.9. The van der Waals surface area contributed by atoms with E-state index >= 15 is 0 Å². The number of aldehydes is 1. The molecule has 3 rings (SSSR count). The molecule has 140 valence electrons. The molecule has 1 fully saturated rings. The molecule has 1 aliphatic rings. The van der Waals surface area contributed by atoms with Gasteiger partial charge >= 0.3 is 5.97 Å².